The van der Waals surface area contributed by atoms with Gasteiger partial charge in [0.25, 0.3) is 0 Å². The van der Waals surface area contributed by atoms with Crippen molar-refractivity contribution in [1.82, 2.24) is 0 Å². The Morgan fingerprint density at radius 2 is 1.68 bits per heavy atom. The second-order valence-electron chi connectivity index (χ2n) is 7.18. The molecule has 0 amide bonds. The van der Waals surface area contributed by atoms with Crippen LogP contribution in [0.2, 0.25) is 0 Å². The standard InChI is InChI=1S/C16H24O3/c1-9(2)7-16(8-10(3)4)14-12-6-5-11(18-12)13(14)15(17)19-16/h5-6,9-14H,7-8H2,1-4H3/t11-,12+,13-,14+/m1/s1. The van der Waals surface area contributed by atoms with Crippen molar-refractivity contribution in [2.75, 3.05) is 0 Å². The van der Waals surface area contributed by atoms with Gasteiger partial charge in [-0.15, -0.1) is 0 Å². The van der Waals surface area contributed by atoms with E-state index in [0.29, 0.717) is 11.8 Å². The Kier molecular flexibility index (Phi) is 3.01. The van der Waals surface area contributed by atoms with E-state index in [1.54, 1.807) is 0 Å². The highest BCUT2D eigenvalue weighted by Crippen LogP contribution is 2.55. The zero-order chi connectivity index (χ0) is 13.8. The minimum Gasteiger partial charge on any atom is -0.458 e. The number of carbonyl (C=O) groups is 1. The molecule has 0 aliphatic carbocycles. The van der Waals surface area contributed by atoms with Crippen LogP contribution in [0.1, 0.15) is 40.5 Å². The second kappa shape index (κ2) is 4.34. The van der Waals surface area contributed by atoms with Crippen LogP contribution in [0.25, 0.3) is 0 Å². The SMILES string of the molecule is CC(C)CC1(CC(C)C)OC(=O)[C@H]2[C@@H]1[C@@H]1C=C[C@H]2O1. The van der Waals surface area contributed by atoms with Gasteiger partial charge in [-0.1, -0.05) is 39.8 Å². The van der Waals surface area contributed by atoms with Crippen LogP contribution < -0.4 is 0 Å². The van der Waals surface area contributed by atoms with Crippen molar-refractivity contribution in [3.05, 3.63) is 12.2 Å². The lowest BCUT2D eigenvalue weighted by Crippen LogP contribution is -2.43. The molecular weight excluding hydrogens is 240 g/mol. The molecule has 0 spiro atoms. The molecule has 3 heterocycles. The summed E-state index contributed by atoms with van der Waals surface area (Å²) in [6.45, 7) is 8.81. The maximum Gasteiger partial charge on any atom is 0.313 e. The molecule has 3 heteroatoms. The molecule has 2 bridgehead atoms. The summed E-state index contributed by atoms with van der Waals surface area (Å²) >= 11 is 0. The zero-order valence-electron chi connectivity index (χ0n) is 12.3. The smallest absolute Gasteiger partial charge is 0.313 e. The van der Waals surface area contributed by atoms with Gasteiger partial charge in [0.1, 0.15) is 5.60 Å². The molecule has 0 N–H and O–H groups in total. The average Bonchev–Trinajstić information content (AvgIpc) is 2.90. The molecule has 2 saturated heterocycles. The van der Waals surface area contributed by atoms with Crippen molar-refractivity contribution in [2.24, 2.45) is 23.7 Å². The van der Waals surface area contributed by atoms with E-state index < -0.39 is 0 Å². The van der Waals surface area contributed by atoms with Crippen LogP contribution in [-0.2, 0) is 14.3 Å². The Hall–Kier alpha value is -0.830. The zero-order valence-corrected chi connectivity index (χ0v) is 12.3. The number of hydrogen-bond donors (Lipinski definition) is 0. The topological polar surface area (TPSA) is 35.5 Å². The molecule has 19 heavy (non-hydrogen) atoms. The van der Waals surface area contributed by atoms with Gasteiger partial charge in [-0.3, -0.25) is 4.79 Å². The molecule has 0 aromatic carbocycles. The Balaban J connectivity index is 1.95. The summed E-state index contributed by atoms with van der Waals surface area (Å²) in [5.74, 6) is 1.16. The largest absolute Gasteiger partial charge is 0.458 e. The van der Waals surface area contributed by atoms with Gasteiger partial charge in [-0.2, -0.15) is 0 Å². The molecule has 2 fully saturated rings. The molecular formula is C16H24O3. The Labute approximate surface area is 115 Å². The molecule has 0 unspecified atom stereocenters. The first kappa shape index (κ1) is 13.2. The number of fused-ring (bicyclic) bond motifs is 5. The van der Waals surface area contributed by atoms with E-state index in [1.165, 1.54) is 0 Å². The van der Waals surface area contributed by atoms with Crippen LogP contribution in [0.4, 0.5) is 0 Å². The van der Waals surface area contributed by atoms with Crippen molar-refractivity contribution in [1.29, 1.82) is 0 Å². The maximum atomic E-state index is 12.3. The van der Waals surface area contributed by atoms with E-state index in [-0.39, 0.29) is 35.6 Å². The van der Waals surface area contributed by atoms with Crippen molar-refractivity contribution in [3.8, 4) is 0 Å². The average molecular weight is 264 g/mol. The van der Waals surface area contributed by atoms with Crippen LogP contribution in [0.5, 0.6) is 0 Å². The van der Waals surface area contributed by atoms with E-state index in [2.05, 4.69) is 33.8 Å². The van der Waals surface area contributed by atoms with E-state index >= 15 is 0 Å². The highest BCUT2D eigenvalue weighted by Gasteiger charge is 2.65. The van der Waals surface area contributed by atoms with E-state index in [0.717, 1.165) is 12.8 Å². The van der Waals surface area contributed by atoms with Gasteiger partial charge < -0.3 is 9.47 Å². The molecule has 3 rings (SSSR count). The number of rotatable bonds is 4. The quantitative estimate of drug-likeness (QED) is 0.578. The van der Waals surface area contributed by atoms with Crippen LogP contribution in [0.3, 0.4) is 0 Å². The third-order valence-electron chi connectivity index (χ3n) is 4.59. The third kappa shape index (κ3) is 1.94. The summed E-state index contributed by atoms with van der Waals surface area (Å²) in [7, 11) is 0. The van der Waals surface area contributed by atoms with Gasteiger partial charge in [0, 0.05) is 5.92 Å². The fourth-order valence-electron chi connectivity index (χ4n) is 4.37. The summed E-state index contributed by atoms with van der Waals surface area (Å²) in [6.07, 6.45) is 6.09. The van der Waals surface area contributed by atoms with Crippen LogP contribution in [0, 0.1) is 23.7 Å². The Morgan fingerprint density at radius 3 is 2.26 bits per heavy atom. The normalized spacial score (nSPS) is 38.3. The van der Waals surface area contributed by atoms with Crippen molar-refractivity contribution >= 4 is 5.97 Å². The summed E-state index contributed by atoms with van der Waals surface area (Å²) in [5.41, 5.74) is -0.311. The lowest BCUT2D eigenvalue weighted by atomic mass is 9.69. The van der Waals surface area contributed by atoms with Crippen molar-refractivity contribution < 1.29 is 14.3 Å². The molecule has 0 radical (unpaired) electrons. The van der Waals surface area contributed by atoms with Gasteiger partial charge in [-0.05, 0) is 24.7 Å². The van der Waals surface area contributed by atoms with Crippen molar-refractivity contribution in [2.45, 2.75) is 58.3 Å². The Morgan fingerprint density at radius 1 is 1.11 bits per heavy atom. The summed E-state index contributed by atoms with van der Waals surface area (Å²) in [5, 5.41) is 0. The molecule has 0 aromatic rings. The van der Waals surface area contributed by atoms with Gasteiger partial charge >= 0.3 is 5.97 Å². The first-order chi connectivity index (χ1) is 8.93. The number of carbonyl (C=O) groups excluding carboxylic acids is 1. The lowest BCUT2D eigenvalue weighted by molar-refractivity contribution is -0.158. The van der Waals surface area contributed by atoms with Gasteiger partial charge in [-0.25, -0.2) is 0 Å². The molecule has 106 valence electrons. The number of esters is 1. The Bertz CT molecular complexity index is 400. The lowest BCUT2D eigenvalue weighted by Gasteiger charge is -2.37. The number of ether oxygens (including phenoxy) is 2. The van der Waals surface area contributed by atoms with Gasteiger partial charge in [0.15, 0.2) is 0 Å². The number of hydrogen-bond acceptors (Lipinski definition) is 3. The highest BCUT2D eigenvalue weighted by molar-refractivity contribution is 5.78. The minimum absolute atomic E-state index is 0.0382. The summed E-state index contributed by atoms with van der Waals surface area (Å²) in [4.78, 5) is 12.3. The number of cyclic esters (lactones) is 1. The maximum absolute atomic E-state index is 12.3. The van der Waals surface area contributed by atoms with Crippen LogP contribution in [-0.4, -0.2) is 23.8 Å². The minimum atomic E-state index is -0.311. The van der Waals surface area contributed by atoms with Crippen molar-refractivity contribution in [3.63, 3.8) is 0 Å². The molecule has 3 nitrogen and oxygen atoms in total. The monoisotopic (exact) mass is 264 g/mol. The molecule has 0 aromatic heterocycles. The van der Waals surface area contributed by atoms with Gasteiger partial charge in [0.05, 0.1) is 18.1 Å². The predicted octanol–water partition coefficient (Wildman–Crippen LogP) is 2.94. The highest BCUT2D eigenvalue weighted by atomic mass is 16.6. The first-order valence-electron chi connectivity index (χ1n) is 7.49. The van der Waals surface area contributed by atoms with E-state index in [4.69, 9.17) is 9.47 Å². The fourth-order valence-corrected chi connectivity index (χ4v) is 4.37. The predicted molar refractivity (Wildman–Crippen MR) is 72.5 cm³/mol. The fraction of sp³-hybridized carbons (Fsp3) is 0.812. The molecule has 3 aliphatic heterocycles. The molecule has 4 atom stereocenters. The third-order valence-corrected chi connectivity index (χ3v) is 4.59. The molecule has 3 aliphatic rings. The second-order valence-corrected chi connectivity index (χ2v) is 7.18. The summed E-state index contributed by atoms with van der Waals surface area (Å²) < 4.78 is 11.9. The molecule has 0 saturated carbocycles. The van der Waals surface area contributed by atoms with E-state index in [9.17, 15) is 4.79 Å². The van der Waals surface area contributed by atoms with Gasteiger partial charge in [0.2, 0.25) is 0 Å². The first-order valence-corrected chi connectivity index (χ1v) is 7.49. The van der Waals surface area contributed by atoms with Crippen LogP contribution >= 0.6 is 0 Å². The van der Waals surface area contributed by atoms with Crippen LogP contribution in [0.15, 0.2) is 12.2 Å². The van der Waals surface area contributed by atoms with E-state index in [1.807, 2.05) is 6.08 Å². The summed E-state index contributed by atoms with van der Waals surface area (Å²) in [6, 6.07) is 0.